The monoisotopic (exact) mass is 642 g/mol. The number of carbonyl (C=O) groups excluding carboxylic acids is 3. The molecule has 7 unspecified atom stereocenters. The highest BCUT2D eigenvalue weighted by molar-refractivity contribution is 6.42. The number of rotatable bonds is 10. The van der Waals surface area contributed by atoms with Crippen molar-refractivity contribution in [2.75, 3.05) is 20.3 Å². The number of carbonyl (C=O) groups is 3. The molecule has 2 aromatic rings. The van der Waals surface area contributed by atoms with Crippen molar-refractivity contribution in [3.05, 3.63) is 68.7 Å². The van der Waals surface area contributed by atoms with Crippen LogP contribution in [0.1, 0.15) is 59.5 Å². The fourth-order valence-corrected chi connectivity index (χ4v) is 8.04. The van der Waals surface area contributed by atoms with Crippen LogP contribution in [0.2, 0.25) is 10.0 Å². The third kappa shape index (κ3) is 5.71. The van der Waals surface area contributed by atoms with Crippen molar-refractivity contribution in [3.8, 4) is 11.5 Å². The number of amides is 2. The number of aldehydes is 1. The van der Waals surface area contributed by atoms with E-state index in [9.17, 15) is 24.6 Å². The van der Waals surface area contributed by atoms with Gasteiger partial charge in [-0.15, -0.1) is 0 Å². The number of nitrogens with one attached hydrogen (secondary N) is 1. The summed E-state index contributed by atoms with van der Waals surface area (Å²) in [7, 11) is 1.45. The van der Waals surface area contributed by atoms with Gasteiger partial charge >= 0.3 is 0 Å². The Morgan fingerprint density at radius 3 is 2.64 bits per heavy atom. The zero-order chi connectivity index (χ0) is 31.1. The lowest BCUT2D eigenvalue weighted by Gasteiger charge is -2.41. The van der Waals surface area contributed by atoms with Crippen LogP contribution in [-0.4, -0.2) is 71.7 Å². The molecule has 9 nitrogen and oxygen atoms in total. The summed E-state index contributed by atoms with van der Waals surface area (Å²) in [5.74, 6) is 0.777. The van der Waals surface area contributed by atoms with Crippen LogP contribution in [0.25, 0.3) is 0 Å². The van der Waals surface area contributed by atoms with Gasteiger partial charge in [0.15, 0.2) is 11.5 Å². The number of nitrogens with zero attached hydrogens (tertiary/aromatic N) is 1. The topological polar surface area (TPSA) is 125 Å². The zero-order valence-corrected chi connectivity index (χ0v) is 25.9. The second-order valence-corrected chi connectivity index (χ2v) is 13.1. The normalized spacial score (nSPS) is 28.0. The van der Waals surface area contributed by atoms with E-state index in [2.05, 4.69) is 5.32 Å². The summed E-state index contributed by atoms with van der Waals surface area (Å²) >= 11 is 12.5. The van der Waals surface area contributed by atoms with E-state index in [0.29, 0.717) is 57.2 Å². The largest absolute Gasteiger partial charge is 0.493 e. The second kappa shape index (κ2) is 12.7. The molecule has 0 aromatic heterocycles. The summed E-state index contributed by atoms with van der Waals surface area (Å²) in [5, 5.41) is 24.8. The third-order valence-corrected chi connectivity index (χ3v) is 10.5. The molecule has 0 radical (unpaired) electrons. The van der Waals surface area contributed by atoms with Crippen LogP contribution in [0.15, 0.2) is 42.0 Å². The number of fused-ring (bicyclic) bond motifs is 5. The average Bonchev–Trinajstić information content (AvgIpc) is 3.75. The fourth-order valence-electron chi connectivity index (χ4n) is 7.72. The van der Waals surface area contributed by atoms with Gasteiger partial charge in [0.05, 0.1) is 35.7 Å². The van der Waals surface area contributed by atoms with Crippen molar-refractivity contribution in [1.29, 1.82) is 0 Å². The zero-order valence-electron chi connectivity index (χ0n) is 24.4. The lowest BCUT2D eigenvalue weighted by atomic mass is 9.77. The Morgan fingerprint density at radius 1 is 1.16 bits per heavy atom. The molecule has 3 N–H and O–H groups in total. The van der Waals surface area contributed by atoms with Crippen LogP contribution in [0.5, 0.6) is 11.5 Å². The minimum atomic E-state index is -1.22. The van der Waals surface area contributed by atoms with Gasteiger partial charge in [0.1, 0.15) is 18.5 Å². The van der Waals surface area contributed by atoms with Crippen molar-refractivity contribution < 1.29 is 34.1 Å². The van der Waals surface area contributed by atoms with Crippen molar-refractivity contribution in [2.45, 2.75) is 62.8 Å². The molecule has 2 aromatic carbocycles. The second-order valence-electron chi connectivity index (χ2n) is 12.3. The molecule has 44 heavy (non-hydrogen) atoms. The predicted octanol–water partition coefficient (Wildman–Crippen LogP) is 4.29. The van der Waals surface area contributed by atoms with Crippen molar-refractivity contribution in [1.82, 2.24) is 10.2 Å². The van der Waals surface area contributed by atoms with Gasteiger partial charge in [-0.3, -0.25) is 14.4 Å². The molecule has 0 saturated heterocycles. The summed E-state index contributed by atoms with van der Waals surface area (Å²) in [6, 6.07) is 7.41. The van der Waals surface area contributed by atoms with Gasteiger partial charge in [0.2, 0.25) is 11.8 Å². The number of methoxy groups -OCH3 is 1. The summed E-state index contributed by atoms with van der Waals surface area (Å²) < 4.78 is 11.8. The number of hydrogen-bond donors (Lipinski definition) is 3. The van der Waals surface area contributed by atoms with E-state index < -0.39 is 30.1 Å². The number of aliphatic hydroxyl groups excluding tert-OH is 2. The standard InChI is InChI=1S/C33H36Cl2N2O7/c1-43-27-12-19(16-39)10-22-29-23(33(42)36-6-7-38)14-26(30(41)32(29)44-31(22)27)37(15-18-3-5-24(34)25(35)11-18)28(40)13-21-9-17-2-4-20(21)8-17/h3,5,10-12,14,16-17,20-21,26,29-30,32,38,41H,2,4,6-9,13,15H2,1H3,(H,36,42). The number of halogens is 2. The Morgan fingerprint density at radius 2 is 1.98 bits per heavy atom. The molecule has 2 saturated carbocycles. The van der Waals surface area contributed by atoms with E-state index in [-0.39, 0.29) is 37.1 Å². The highest BCUT2D eigenvalue weighted by Crippen LogP contribution is 2.52. The smallest absolute Gasteiger partial charge is 0.247 e. The Bertz CT molecular complexity index is 1500. The lowest BCUT2D eigenvalue weighted by Crippen LogP contribution is -2.55. The molecular formula is C33H36Cl2N2O7. The minimum absolute atomic E-state index is 0.0162. The molecule has 1 heterocycles. The molecular weight excluding hydrogens is 607 g/mol. The van der Waals surface area contributed by atoms with E-state index in [1.807, 2.05) is 0 Å². The number of benzene rings is 2. The predicted molar refractivity (Wildman–Crippen MR) is 164 cm³/mol. The van der Waals surface area contributed by atoms with Gasteiger partial charge in [-0.25, -0.2) is 0 Å². The van der Waals surface area contributed by atoms with Crippen LogP contribution in [0.3, 0.4) is 0 Å². The molecule has 3 aliphatic carbocycles. The van der Waals surface area contributed by atoms with Crippen molar-refractivity contribution in [3.63, 3.8) is 0 Å². The molecule has 6 rings (SSSR count). The first-order valence-electron chi connectivity index (χ1n) is 15.1. The summed E-state index contributed by atoms with van der Waals surface area (Å²) in [6.07, 6.45) is 5.02. The molecule has 2 bridgehead atoms. The van der Waals surface area contributed by atoms with Crippen LogP contribution < -0.4 is 14.8 Å². The fraction of sp³-hybridized carbons (Fsp3) is 0.485. The summed E-state index contributed by atoms with van der Waals surface area (Å²) in [4.78, 5) is 41.2. The van der Waals surface area contributed by atoms with Crippen LogP contribution in [0, 0.1) is 17.8 Å². The van der Waals surface area contributed by atoms with Crippen LogP contribution in [-0.2, 0) is 16.1 Å². The summed E-state index contributed by atoms with van der Waals surface area (Å²) in [5.41, 5.74) is 1.86. The SMILES string of the molecule is COc1cc(C=O)cc2c1OC1C2C(C(=O)NCCO)=CC(N(Cc2ccc(Cl)c(Cl)c2)C(=O)CC2CC3CCC2C3)C1O. The van der Waals surface area contributed by atoms with Gasteiger partial charge in [-0.2, -0.15) is 0 Å². The average molecular weight is 644 g/mol. The van der Waals surface area contributed by atoms with E-state index in [0.717, 1.165) is 24.8 Å². The number of hydrogen-bond acceptors (Lipinski definition) is 7. The van der Waals surface area contributed by atoms with Crippen LogP contribution >= 0.6 is 23.2 Å². The first kappa shape index (κ1) is 30.9. The highest BCUT2D eigenvalue weighted by Gasteiger charge is 2.52. The molecule has 2 fully saturated rings. The maximum atomic E-state index is 14.2. The molecule has 7 atom stereocenters. The Hall–Kier alpha value is -3.11. The van der Waals surface area contributed by atoms with Gasteiger partial charge in [0.25, 0.3) is 0 Å². The molecule has 1 aliphatic heterocycles. The maximum Gasteiger partial charge on any atom is 0.247 e. The van der Waals surface area contributed by atoms with Gasteiger partial charge in [-0.1, -0.05) is 35.7 Å². The molecule has 0 spiro atoms. The molecule has 11 heteroatoms. The first-order chi connectivity index (χ1) is 21.2. The van der Waals surface area contributed by atoms with Gasteiger partial charge < -0.3 is 29.9 Å². The number of aliphatic hydroxyl groups is 2. The van der Waals surface area contributed by atoms with Crippen molar-refractivity contribution in [2.24, 2.45) is 17.8 Å². The van der Waals surface area contributed by atoms with E-state index in [1.165, 1.54) is 19.6 Å². The third-order valence-electron chi connectivity index (χ3n) is 9.75. The maximum absolute atomic E-state index is 14.2. The van der Waals surface area contributed by atoms with E-state index in [1.54, 1.807) is 35.2 Å². The Kier molecular flexibility index (Phi) is 8.93. The minimum Gasteiger partial charge on any atom is -0.493 e. The molecule has 234 valence electrons. The molecule has 4 aliphatic rings. The van der Waals surface area contributed by atoms with Crippen molar-refractivity contribution >= 4 is 41.3 Å². The van der Waals surface area contributed by atoms with E-state index >= 15 is 0 Å². The first-order valence-corrected chi connectivity index (χ1v) is 15.8. The Labute approximate surface area is 266 Å². The van der Waals surface area contributed by atoms with Crippen LogP contribution in [0.4, 0.5) is 0 Å². The quantitative estimate of drug-likeness (QED) is 0.330. The number of ether oxygens (including phenoxy) is 2. The lowest BCUT2D eigenvalue weighted by molar-refractivity contribution is -0.139. The van der Waals surface area contributed by atoms with Gasteiger partial charge in [-0.05, 0) is 72.9 Å². The van der Waals surface area contributed by atoms with E-state index in [4.69, 9.17) is 32.7 Å². The molecule has 2 amide bonds. The van der Waals surface area contributed by atoms with Gasteiger partial charge in [0, 0.05) is 36.2 Å². The Balaban J connectivity index is 1.41. The highest BCUT2D eigenvalue weighted by atomic mass is 35.5. The summed E-state index contributed by atoms with van der Waals surface area (Å²) in [6.45, 7) is -0.119.